The number of nitrogens with zero attached hydrogens (tertiary/aromatic N) is 5. The van der Waals surface area contributed by atoms with Gasteiger partial charge >= 0.3 is 6.03 Å². The fourth-order valence-electron chi connectivity index (χ4n) is 3.49. The summed E-state index contributed by atoms with van der Waals surface area (Å²) < 4.78 is 1.99. The Morgan fingerprint density at radius 2 is 2.19 bits per heavy atom. The van der Waals surface area contributed by atoms with Gasteiger partial charge in [-0.1, -0.05) is 0 Å². The van der Waals surface area contributed by atoms with Gasteiger partial charge in [-0.15, -0.1) is 11.3 Å². The maximum atomic E-state index is 12.8. The first kappa shape index (κ1) is 17.8. The number of imidazole rings is 1. The number of rotatable bonds is 3. The second-order valence-electron chi connectivity index (χ2n) is 6.92. The summed E-state index contributed by atoms with van der Waals surface area (Å²) in [7, 11) is 0. The summed E-state index contributed by atoms with van der Waals surface area (Å²) in [6.45, 7) is 7.30. The van der Waals surface area contributed by atoms with E-state index in [1.807, 2.05) is 46.4 Å². The van der Waals surface area contributed by atoms with Crippen LogP contribution < -0.4 is 10.2 Å². The molecule has 1 fully saturated rings. The topological polar surface area (TPSA) is 65.8 Å². The zero-order valence-corrected chi connectivity index (χ0v) is 16.4. The van der Waals surface area contributed by atoms with E-state index in [0.717, 1.165) is 36.7 Å². The van der Waals surface area contributed by atoms with Crippen molar-refractivity contribution in [2.45, 2.75) is 26.3 Å². The van der Waals surface area contributed by atoms with E-state index in [4.69, 9.17) is 0 Å². The van der Waals surface area contributed by atoms with Crippen molar-refractivity contribution in [3.8, 4) is 0 Å². The van der Waals surface area contributed by atoms with Crippen LogP contribution in [0.25, 0.3) is 4.96 Å². The lowest BCUT2D eigenvalue weighted by Crippen LogP contribution is -2.43. The molecule has 1 aliphatic rings. The molecule has 142 valence electrons. The van der Waals surface area contributed by atoms with Gasteiger partial charge in [-0.25, -0.2) is 9.78 Å². The van der Waals surface area contributed by atoms with Crippen LogP contribution in [0.1, 0.15) is 30.6 Å². The van der Waals surface area contributed by atoms with E-state index in [2.05, 4.69) is 33.2 Å². The minimum absolute atomic E-state index is 0.0212. The smallest absolute Gasteiger partial charge is 0.317 e. The third-order valence-corrected chi connectivity index (χ3v) is 5.78. The molecule has 0 radical (unpaired) electrons. The van der Waals surface area contributed by atoms with Gasteiger partial charge in [0.2, 0.25) is 0 Å². The van der Waals surface area contributed by atoms with Crippen molar-refractivity contribution in [3.63, 3.8) is 0 Å². The van der Waals surface area contributed by atoms with Crippen LogP contribution in [-0.2, 0) is 0 Å². The number of carbonyl (C=O) groups is 1. The molecule has 1 saturated heterocycles. The second-order valence-corrected chi connectivity index (χ2v) is 7.79. The van der Waals surface area contributed by atoms with Crippen LogP contribution in [0.15, 0.2) is 36.2 Å². The lowest BCUT2D eigenvalue weighted by Gasteiger charge is -2.25. The molecular weight excluding hydrogens is 360 g/mol. The third kappa shape index (κ3) is 3.75. The first-order valence-corrected chi connectivity index (χ1v) is 10.1. The van der Waals surface area contributed by atoms with Crippen LogP contribution in [-0.4, -0.2) is 51.5 Å². The Balaban J connectivity index is 1.37. The van der Waals surface area contributed by atoms with Crippen molar-refractivity contribution < 1.29 is 4.79 Å². The van der Waals surface area contributed by atoms with Gasteiger partial charge in [0.1, 0.15) is 0 Å². The Labute approximate surface area is 162 Å². The number of fused-ring (bicyclic) bond motifs is 1. The molecule has 0 spiro atoms. The van der Waals surface area contributed by atoms with Gasteiger partial charge < -0.3 is 15.1 Å². The number of nitrogens with one attached hydrogen (secondary N) is 1. The molecular formula is C19H24N6OS. The number of aryl methyl sites for hydroxylation is 1. The van der Waals surface area contributed by atoms with Crippen molar-refractivity contribution in [1.29, 1.82) is 0 Å². The highest BCUT2D eigenvalue weighted by atomic mass is 32.1. The normalized spacial score (nSPS) is 16.4. The minimum Gasteiger partial charge on any atom is -0.369 e. The molecule has 4 rings (SSSR count). The van der Waals surface area contributed by atoms with Crippen molar-refractivity contribution in [2.24, 2.45) is 0 Å². The number of amides is 2. The molecule has 0 unspecified atom stereocenters. The molecule has 0 saturated carbocycles. The summed E-state index contributed by atoms with van der Waals surface area (Å²) >= 11 is 1.59. The van der Waals surface area contributed by atoms with E-state index in [1.54, 1.807) is 11.3 Å². The number of aromatic nitrogens is 3. The molecule has 4 heterocycles. The highest BCUT2D eigenvalue weighted by molar-refractivity contribution is 7.15. The number of pyridine rings is 1. The van der Waals surface area contributed by atoms with Gasteiger partial charge in [-0.05, 0) is 31.9 Å². The van der Waals surface area contributed by atoms with Gasteiger partial charge in [-0.2, -0.15) is 0 Å². The van der Waals surface area contributed by atoms with Gasteiger partial charge in [0.15, 0.2) is 4.96 Å². The summed E-state index contributed by atoms with van der Waals surface area (Å²) in [5.74, 6) is 0. The monoisotopic (exact) mass is 384 g/mol. The second kappa shape index (κ2) is 7.56. The average molecular weight is 385 g/mol. The molecule has 3 aromatic heterocycles. The van der Waals surface area contributed by atoms with Crippen LogP contribution in [0.2, 0.25) is 0 Å². The molecule has 2 amide bonds. The zero-order valence-electron chi connectivity index (χ0n) is 15.6. The molecule has 1 N–H and O–H groups in total. The molecule has 0 aliphatic carbocycles. The standard InChI is InChI=1S/C19H24N6OS/c1-14-12-20-5-4-17(14)23-6-3-7-24(9-8-23)18(26)21-15(2)16-13-25-10-11-27-19(25)22-16/h4-5,10-13,15H,3,6-9H2,1-2H3,(H,21,26)/t15-/m0/s1. The van der Waals surface area contributed by atoms with Crippen molar-refractivity contribution >= 4 is 28.0 Å². The van der Waals surface area contributed by atoms with Crippen molar-refractivity contribution in [3.05, 3.63) is 47.5 Å². The fraction of sp³-hybridized carbons (Fsp3) is 0.421. The van der Waals surface area contributed by atoms with Crippen LogP contribution in [0.4, 0.5) is 10.5 Å². The first-order chi connectivity index (χ1) is 13.1. The lowest BCUT2D eigenvalue weighted by molar-refractivity contribution is 0.198. The summed E-state index contributed by atoms with van der Waals surface area (Å²) in [6, 6.07) is 1.91. The predicted octanol–water partition coefficient (Wildman–Crippen LogP) is 3.08. The van der Waals surface area contributed by atoms with Crippen LogP contribution in [0.5, 0.6) is 0 Å². The maximum Gasteiger partial charge on any atom is 0.317 e. The highest BCUT2D eigenvalue weighted by Crippen LogP contribution is 2.21. The first-order valence-electron chi connectivity index (χ1n) is 9.25. The molecule has 8 heteroatoms. The Kier molecular flexibility index (Phi) is 4.98. The number of carbonyl (C=O) groups excluding carboxylic acids is 1. The molecule has 0 bridgehead atoms. The van der Waals surface area contributed by atoms with Crippen LogP contribution in [0, 0.1) is 6.92 Å². The maximum absolute atomic E-state index is 12.8. The highest BCUT2D eigenvalue weighted by Gasteiger charge is 2.22. The third-order valence-electron chi connectivity index (χ3n) is 5.01. The summed E-state index contributed by atoms with van der Waals surface area (Å²) in [5, 5.41) is 5.10. The van der Waals surface area contributed by atoms with E-state index >= 15 is 0 Å². The molecule has 7 nitrogen and oxygen atoms in total. The van der Waals surface area contributed by atoms with Gasteiger partial charge in [0.05, 0.1) is 11.7 Å². The van der Waals surface area contributed by atoms with Gasteiger partial charge in [0.25, 0.3) is 0 Å². The number of anilines is 1. The Morgan fingerprint density at radius 3 is 3.00 bits per heavy atom. The Bertz CT molecular complexity index is 907. The van der Waals surface area contributed by atoms with E-state index in [1.165, 1.54) is 11.3 Å². The molecule has 27 heavy (non-hydrogen) atoms. The van der Waals surface area contributed by atoms with Gasteiger partial charge in [-0.3, -0.25) is 9.38 Å². The number of urea groups is 1. The quantitative estimate of drug-likeness (QED) is 0.754. The Morgan fingerprint density at radius 1 is 1.30 bits per heavy atom. The summed E-state index contributed by atoms with van der Waals surface area (Å²) in [4.78, 5) is 26.7. The molecule has 1 atom stereocenters. The van der Waals surface area contributed by atoms with Crippen LogP contribution in [0.3, 0.4) is 0 Å². The van der Waals surface area contributed by atoms with E-state index in [-0.39, 0.29) is 12.1 Å². The van der Waals surface area contributed by atoms with Gasteiger partial charge in [0, 0.05) is 62.0 Å². The van der Waals surface area contributed by atoms with Crippen molar-refractivity contribution in [1.82, 2.24) is 24.6 Å². The minimum atomic E-state index is -0.119. The number of thiazole rings is 1. The molecule has 3 aromatic rings. The molecule has 1 aliphatic heterocycles. The lowest BCUT2D eigenvalue weighted by atomic mass is 10.2. The predicted molar refractivity (Wildman–Crippen MR) is 107 cm³/mol. The molecule has 0 aromatic carbocycles. The number of hydrogen-bond donors (Lipinski definition) is 1. The van der Waals surface area contributed by atoms with E-state index in [0.29, 0.717) is 6.54 Å². The summed E-state index contributed by atoms with van der Waals surface area (Å²) in [5.41, 5.74) is 3.27. The number of hydrogen-bond acceptors (Lipinski definition) is 5. The SMILES string of the molecule is Cc1cnccc1N1CCCN(C(=O)N[C@@H](C)c2cn3ccsc3n2)CC1. The average Bonchev–Trinajstić information content (AvgIpc) is 3.17. The zero-order chi connectivity index (χ0) is 18.8. The Hall–Kier alpha value is -2.61. The van der Waals surface area contributed by atoms with Crippen molar-refractivity contribution in [2.75, 3.05) is 31.1 Å². The van der Waals surface area contributed by atoms with E-state index in [9.17, 15) is 4.79 Å². The largest absolute Gasteiger partial charge is 0.369 e. The summed E-state index contributed by atoms with van der Waals surface area (Å²) in [6.07, 6.45) is 8.63. The fourth-order valence-corrected chi connectivity index (χ4v) is 4.19. The van der Waals surface area contributed by atoms with Crippen LogP contribution >= 0.6 is 11.3 Å². The van der Waals surface area contributed by atoms with E-state index < -0.39 is 0 Å².